The monoisotopic (exact) mass is 419 g/mol. The first-order chi connectivity index (χ1) is 13.4. The molecule has 7 heteroatoms. The van der Waals surface area contributed by atoms with Crippen molar-refractivity contribution in [3.05, 3.63) is 63.6 Å². The predicted octanol–water partition coefficient (Wildman–Crippen LogP) is 4.04. The van der Waals surface area contributed by atoms with E-state index < -0.39 is 5.54 Å². The van der Waals surface area contributed by atoms with Gasteiger partial charge < -0.3 is 10.2 Å². The second-order valence-electron chi connectivity index (χ2n) is 6.62. The van der Waals surface area contributed by atoms with Gasteiger partial charge in [-0.2, -0.15) is 0 Å². The molecule has 0 radical (unpaired) electrons. The number of nitrogens with one attached hydrogen (secondary N) is 2. The van der Waals surface area contributed by atoms with Crippen molar-refractivity contribution in [2.24, 2.45) is 0 Å². The molecule has 0 spiro atoms. The summed E-state index contributed by atoms with van der Waals surface area (Å²) in [6.45, 7) is 5.53. The van der Waals surface area contributed by atoms with Crippen LogP contribution >= 0.6 is 23.2 Å². The third-order valence-corrected chi connectivity index (χ3v) is 5.66. The fraction of sp³-hybridized carbons (Fsp3) is 0.333. The van der Waals surface area contributed by atoms with Crippen LogP contribution in [-0.2, 0) is 15.1 Å². The summed E-state index contributed by atoms with van der Waals surface area (Å²) in [6, 6.07) is 12.5. The zero-order valence-electron chi connectivity index (χ0n) is 15.9. The molecule has 1 aliphatic rings. The SMILES string of the molecule is CCN(CC)C(=O)CCNC1(c2ccccc2Cl)C(=O)Nc2ccc(Cl)cc21. The van der Waals surface area contributed by atoms with Crippen molar-refractivity contribution in [3.63, 3.8) is 0 Å². The predicted molar refractivity (Wildman–Crippen MR) is 113 cm³/mol. The Bertz CT molecular complexity index is 899. The quantitative estimate of drug-likeness (QED) is 0.711. The van der Waals surface area contributed by atoms with Crippen LogP contribution < -0.4 is 10.6 Å². The van der Waals surface area contributed by atoms with E-state index in [1.807, 2.05) is 32.0 Å². The van der Waals surface area contributed by atoms with Gasteiger partial charge in [0.2, 0.25) is 5.91 Å². The van der Waals surface area contributed by atoms with E-state index >= 15 is 0 Å². The van der Waals surface area contributed by atoms with Gasteiger partial charge in [-0.15, -0.1) is 0 Å². The smallest absolute Gasteiger partial charge is 0.254 e. The highest BCUT2D eigenvalue weighted by atomic mass is 35.5. The summed E-state index contributed by atoms with van der Waals surface area (Å²) in [5, 5.41) is 7.21. The fourth-order valence-corrected chi connectivity index (χ4v) is 4.12. The van der Waals surface area contributed by atoms with E-state index in [1.165, 1.54) is 0 Å². The van der Waals surface area contributed by atoms with Crippen molar-refractivity contribution in [2.45, 2.75) is 25.8 Å². The second kappa shape index (κ2) is 8.52. The molecule has 2 N–H and O–H groups in total. The molecule has 2 aromatic carbocycles. The van der Waals surface area contributed by atoms with Gasteiger partial charge in [0.1, 0.15) is 0 Å². The number of rotatable bonds is 7. The van der Waals surface area contributed by atoms with E-state index in [0.29, 0.717) is 46.5 Å². The van der Waals surface area contributed by atoms with Gasteiger partial charge in [0, 0.05) is 52.9 Å². The number of benzene rings is 2. The lowest BCUT2D eigenvalue weighted by molar-refractivity contribution is -0.131. The maximum Gasteiger partial charge on any atom is 0.254 e. The summed E-state index contributed by atoms with van der Waals surface area (Å²) in [5.41, 5.74) is 0.804. The Balaban J connectivity index is 1.99. The lowest BCUT2D eigenvalue weighted by Crippen LogP contribution is -2.50. The first kappa shape index (κ1) is 20.6. The maximum atomic E-state index is 13.2. The van der Waals surface area contributed by atoms with E-state index in [-0.39, 0.29) is 18.2 Å². The molecule has 1 atom stereocenters. The third kappa shape index (κ3) is 3.62. The number of anilines is 1. The van der Waals surface area contributed by atoms with Gasteiger partial charge in [0.15, 0.2) is 5.54 Å². The second-order valence-corrected chi connectivity index (χ2v) is 7.46. The molecule has 0 aliphatic carbocycles. The highest BCUT2D eigenvalue weighted by Gasteiger charge is 2.49. The maximum absolute atomic E-state index is 13.2. The van der Waals surface area contributed by atoms with E-state index in [1.54, 1.807) is 29.2 Å². The summed E-state index contributed by atoms with van der Waals surface area (Å²) in [4.78, 5) is 27.3. The molecule has 0 saturated heterocycles. The Kier molecular flexibility index (Phi) is 6.28. The summed E-state index contributed by atoms with van der Waals surface area (Å²) < 4.78 is 0. The van der Waals surface area contributed by atoms with Crippen molar-refractivity contribution < 1.29 is 9.59 Å². The molecule has 0 saturated carbocycles. The van der Waals surface area contributed by atoms with Crippen LogP contribution in [0.3, 0.4) is 0 Å². The van der Waals surface area contributed by atoms with Crippen molar-refractivity contribution in [1.29, 1.82) is 0 Å². The van der Waals surface area contributed by atoms with Crippen molar-refractivity contribution in [1.82, 2.24) is 10.2 Å². The van der Waals surface area contributed by atoms with Crippen LogP contribution in [0, 0.1) is 0 Å². The lowest BCUT2D eigenvalue weighted by atomic mass is 9.83. The standard InChI is InChI=1S/C21H23Cl2N3O2/c1-3-26(4-2)19(27)11-12-24-21(15-7-5-6-8-17(15)23)16-13-14(22)9-10-18(16)25-20(21)28/h5-10,13,24H,3-4,11-12H2,1-2H3,(H,25,28). The first-order valence-electron chi connectivity index (χ1n) is 9.33. The summed E-state index contributed by atoms with van der Waals surface area (Å²) in [6.07, 6.45) is 0.275. The topological polar surface area (TPSA) is 61.4 Å². The Morgan fingerprint density at radius 2 is 1.82 bits per heavy atom. The highest BCUT2D eigenvalue weighted by Crippen LogP contribution is 2.44. The van der Waals surface area contributed by atoms with Crippen LogP contribution in [0.1, 0.15) is 31.4 Å². The first-order valence-corrected chi connectivity index (χ1v) is 10.1. The van der Waals surface area contributed by atoms with Crippen LogP contribution in [0.2, 0.25) is 10.0 Å². The average Bonchev–Trinajstić information content (AvgIpc) is 2.95. The van der Waals surface area contributed by atoms with Crippen LogP contribution in [0.25, 0.3) is 0 Å². The van der Waals surface area contributed by atoms with Crippen LogP contribution in [0.4, 0.5) is 5.69 Å². The van der Waals surface area contributed by atoms with Crippen molar-refractivity contribution in [3.8, 4) is 0 Å². The minimum Gasteiger partial charge on any atom is -0.343 e. The Morgan fingerprint density at radius 3 is 2.50 bits per heavy atom. The van der Waals surface area contributed by atoms with Crippen molar-refractivity contribution in [2.75, 3.05) is 25.0 Å². The van der Waals surface area contributed by atoms with Crippen molar-refractivity contribution >= 4 is 40.7 Å². The molecule has 1 unspecified atom stereocenters. The normalized spacial score (nSPS) is 17.9. The number of fused-ring (bicyclic) bond motifs is 1. The number of halogens is 2. The molecule has 0 fully saturated rings. The zero-order chi connectivity index (χ0) is 20.3. The number of carbonyl (C=O) groups excluding carboxylic acids is 2. The number of nitrogens with zero attached hydrogens (tertiary/aromatic N) is 1. The summed E-state index contributed by atoms with van der Waals surface area (Å²) >= 11 is 12.7. The van der Waals surface area contributed by atoms with E-state index in [0.717, 1.165) is 0 Å². The molecule has 2 aromatic rings. The molecule has 1 aliphatic heterocycles. The molecular weight excluding hydrogens is 397 g/mol. The van der Waals surface area contributed by atoms with E-state index in [2.05, 4.69) is 10.6 Å². The van der Waals surface area contributed by atoms with Crippen LogP contribution in [0.15, 0.2) is 42.5 Å². The Labute approximate surface area is 175 Å². The number of amides is 2. The van der Waals surface area contributed by atoms with Gasteiger partial charge in [-0.25, -0.2) is 0 Å². The number of hydrogen-bond acceptors (Lipinski definition) is 3. The Morgan fingerprint density at radius 1 is 1.11 bits per heavy atom. The summed E-state index contributed by atoms with van der Waals surface area (Å²) in [5.74, 6) is -0.204. The molecule has 1 heterocycles. The summed E-state index contributed by atoms with van der Waals surface area (Å²) in [7, 11) is 0. The van der Waals surface area contributed by atoms with Gasteiger partial charge in [0.25, 0.3) is 5.91 Å². The van der Waals surface area contributed by atoms with Gasteiger partial charge in [0.05, 0.1) is 0 Å². The molecule has 148 valence electrons. The van der Waals surface area contributed by atoms with Gasteiger partial charge in [-0.1, -0.05) is 41.4 Å². The minimum absolute atomic E-state index is 0.0385. The molecule has 3 rings (SSSR count). The van der Waals surface area contributed by atoms with E-state index in [4.69, 9.17) is 23.2 Å². The average molecular weight is 420 g/mol. The van der Waals surface area contributed by atoms with Gasteiger partial charge in [-0.3, -0.25) is 14.9 Å². The van der Waals surface area contributed by atoms with Gasteiger partial charge in [-0.05, 0) is 38.1 Å². The Hall–Kier alpha value is -2.08. The van der Waals surface area contributed by atoms with Crippen LogP contribution in [-0.4, -0.2) is 36.3 Å². The molecule has 0 bridgehead atoms. The minimum atomic E-state index is -1.21. The molecule has 5 nitrogen and oxygen atoms in total. The number of carbonyl (C=O) groups is 2. The van der Waals surface area contributed by atoms with Gasteiger partial charge >= 0.3 is 0 Å². The molecule has 28 heavy (non-hydrogen) atoms. The molecule has 0 aromatic heterocycles. The highest BCUT2D eigenvalue weighted by molar-refractivity contribution is 6.32. The third-order valence-electron chi connectivity index (χ3n) is 5.10. The largest absolute Gasteiger partial charge is 0.343 e. The van der Waals surface area contributed by atoms with E-state index in [9.17, 15) is 9.59 Å². The molecular formula is C21H23Cl2N3O2. The lowest BCUT2D eigenvalue weighted by Gasteiger charge is -2.31. The fourth-order valence-electron chi connectivity index (χ4n) is 3.67. The molecule has 2 amide bonds. The van der Waals surface area contributed by atoms with Crippen LogP contribution in [0.5, 0.6) is 0 Å². The number of hydrogen-bond donors (Lipinski definition) is 2. The zero-order valence-corrected chi connectivity index (χ0v) is 17.4.